The van der Waals surface area contributed by atoms with E-state index in [1.165, 1.54) is 0 Å². The number of nitrogens with zero attached hydrogens (tertiary/aromatic N) is 2. The molecule has 218 valence electrons. The van der Waals surface area contributed by atoms with Crippen molar-refractivity contribution in [2.75, 3.05) is 65.9 Å². The summed E-state index contributed by atoms with van der Waals surface area (Å²) in [6.07, 6.45) is -1.47. The van der Waals surface area contributed by atoms with Gasteiger partial charge in [-0.3, -0.25) is 28.8 Å². The highest BCUT2D eigenvalue weighted by atomic mass is 32.2. The molecule has 0 aromatic heterocycles. The van der Waals surface area contributed by atoms with Gasteiger partial charge in [-0.15, -0.1) is 0 Å². The normalized spacial score (nSPS) is 11.4. The van der Waals surface area contributed by atoms with Crippen LogP contribution in [0, 0.1) is 0 Å². The van der Waals surface area contributed by atoms with Gasteiger partial charge in [0.15, 0.2) is 12.2 Å². The molecule has 1 N–H and O–H groups in total. The Hall–Kier alpha value is -2.91. The molecule has 1 unspecified atom stereocenters. The first-order valence-corrected chi connectivity index (χ1v) is 13.0. The van der Waals surface area contributed by atoms with E-state index in [-0.39, 0.29) is 32.5 Å². The van der Waals surface area contributed by atoms with Crippen molar-refractivity contribution < 1.29 is 57.6 Å². The molecule has 0 spiro atoms. The molecular weight excluding hydrogens is 528 g/mol. The van der Waals surface area contributed by atoms with Gasteiger partial charge in [-0.05, 0) is 27.1 Å². The van der Waals surface area contributed by atoms with Crippen LogP contribution in [0.3, 0.4) is 0 Å². The number of carbonyl (C=O) groups is 6. The maximum Gasteiger partial charge on any atom is 0.326 e. The van der Waals surface area contributed by atoms with Crippen LogP contribution in [0.4, 0.5) is 4.79 Å². The first kappa shape index (κ1) is 35.1. The predicted octanol–water partition coefficient (Wildman–Crippen LogP) is -0.0114. The van der Waals surface area contributed by atoms with Crippen LogP contribution in [-0.2, 0) is 47.7 Å². The number of aliphatic hydroxyl groups is 1. The van der Waals surface area contributed by atoms with Gasteiger partial charge in [0.1, 0.15) is 32.9 Å². The van der Waals surface area contributed by atoms with Gasteiger partial charge in [-0.2, -0.15) is 0 Å². The van der Waals surface area contributed by atoms with Crippen LogP contribution in [0.25, 0.3) is 0 Å². The van der Waals surface area contributed by atoms with Crippen molar-refractivity contribution in [1.29, 1.82) is 0 Å². The standard InChI is InChI=1S/C23H38N2O12S/c1-5-19(28)34-14-18(15-35-20(29)6-2)37-22(31)11-25(23(32)38-9-7-8-24(3)4)10-21(30)36-17(12-26)13-33-16-27/h16-18,26H,5-15H2,1-4H3. The van der Waals surface area contributed by atoms with Crippen molar-refractivity contribution in [3.05, 3.63) is 0 Å². The first-order valence-electron chi connectivity index (χ1n) is 12.0. The molecule has 1 atom stereocenters. The van der Waals surface area contributed by atoms with Crippen molar-refractivity contribution >= 4 is 47.4 Å². The number of rotatable bonds is 20. The summed E-state index contributed by atoms with van der Waals surface area (Å²) in [6, 6.07) is 0. The highest BCUT2D eigenvalue weighted by Crippen LogP contribution is 2.12. The van der Waals surface area contributed by atoms with E-state index in [2.05, 4.69) is 4.74 Å². The second kappa shape index (κ2) is 21.1. The third-order valence-corrected chi connectivity index (χ3v) is 5.46. The molecule has 14 nitrogen and oxygen atoms in total. The zero-order valence-electron chi connectivity index (χ0n) is 22.3. The zero-order chi connectivity index (χ0) is 28.9. The fourth-order valence-corrected chi connectivity index (χ4v) is 3.30. The Kier molecular flexibility index (Phi) is 19.5. The highest BCUT2D eigenvalue weighted by molar-refractivity contribution is 8.13. The second-order valence-corrected chi connectivity index (χ2v) is 9.08. The van der Waals surface area contributed by atoms with Crippen molar-refractivity contribution in [2.24, 2.45) is 0 Å². The van der Waals surface area contributed by atoms with Crippen molar-refractivity contribution in [3.63, 3.8) is 0 Å². The highest BCUT2D eigenvalue weighted by Gasteiger charge is 2.26. The van der Waals surface area contributed by atoms with E-state index in [1.807, 2.05) is 19.0 Å². The minimum absolute atomic E-state index is 0.0809. The van der Waals surface area contributed by atoms with E-state index in [1.54, 1.807) is 13.8 Å². The lowest BCUT2D eigenvalue weighted by Gasteiger charge is -2.24. The van der Waals surface area contributed by atoms with Crippen LogP contribution in [-0.4, -0.2) is 129 Å². The topological polar surface area (TPSA) is 175 Å². The molecule has 0 saturated carbocycles. The Bertz CT molecular complexity index is 745. The Morgan fingerprint density at radius 1 is 0.842 bits per heavy atom. The van der Waals surface area contributed by atoms with Crippen molar-refractivity contribution in [1.82, 2.24) is 9.80 Å². The molecule has 38 heavy (non-hydrogen) atoms. The van der Waals surface area contributed by atoms with Crippen molar-refractivity contribution in [2.45, 2.75) is 45.3 Å². The van der Waals surface area contributed by atoms with Gasteiger partial charge in [-0.25, -0.2) is 0 Å². The Labute approximate surface area is 226 Å². The van der Waals surface area contributed by atoms with Gasteiger partial charge in [-0.1, -0.05) is 25.6 Å². The van der Waals surface area contributed by atoms with Crippen LogP contribution >= 0.6 is 11.8 Å². The van der Waals surface area contributed by atoms with E-state index < -0.39 is 67.6 Å². The Balaban J connectivity index is 5.34. The quantitative estimate of drug-likeness (QED) is 0.0901. The molecule has 0 aliphatic heterocycles. The number of hydrogen-bond donors (Lipinski definition) is 1. The average Bonchev–Trinajstić information content (AvgIpc) is 2.89. The third kappa shape index (κ3) is 17.5. The number of aliphatic hydroxyl groups excluding tert-OH is 1. The van der Waals surface area contributed by atoms with Crippen LogP contribution in [0.2, 0.25) is 0 Å². The van der Waals surface area contributed by atoms with Gasteiger partial charge < -0.3 is 38.6 Å². The summed E-state index contributed by atoms with van der Waals surface area (Å²) < 4.78 is 24.7. The van der Waals surface area contributed by atoms with E-state index in [0.717, 1.165) is 16.7 Å². The van der Waals surface area contributed by atoms with Gasteiger partial charge in [0.2, 0.25) is 0 Å². The molecule has 0 rings (SSSR count). The van der Waals surface area contributed by atoms with Gasteiger partial charge >= 0.3 is 23.9 Å². The van der Waals surface area contributed by atoms with E-state index in [4.69, 9.17) is 18.9 Å². The SMILES string of the molecule is CCC(=O)OCC(COC(=O)CC)OC(=O)CN(CC(=O)OC(CO)COC=O)C(=O)SCCCN(C)C. The van der Waals surface area contributed by atoms with Crippen LogP contribution < -0.4 is 0 Å². The lowest BCUT2D eigenvalue weighted by Crippen LogP contribution is -2.42. The number of esters is 4. The summed E-state index contributed by atoms with van der Waals surface area (Å²) in [5, 5.41) is 8.68. The molecule has 0 saturated heterocycles. The van der Waals surface area contributed by atoms with Crippen LogP contribution in [0.1, 0.15) is 33.1 Å². The maximum atomic E-state index is 12.8. The minimum atomic E-state index is -1.16. The van der Waals surface area contributed by atoms with Gasteiger partial charge in [0.25, 0.3) is 11.7 Å². The molecule has 0 fully saturated rings. The molecule has 0 aliphatic carbocycles. The summed E-state index contributed by atoms with van der Waals surface area (Å²) in [6.45, 7) is 0.887. The third-order valence-electron chi connectivity index (χ3n) is 4.46. The number of carbonyl (C=O) groups excluding carboxylic acids is 6. The minimum Gasteiger partial charge on any atom is -0.464 e. The summed E-state index contributed by atoms with van der Waals surface area (Å²) >= 11 is 0.888. The Morgan fingerprint density at radius 3 is 1.82 bits per heavy atom. The molecule has 0 aliphatic rings. The van der Waals surface area contributed by atoms with Crippen molar-refractivity contribution in [3.8, 4) is 0 Å². The zero-order valence-corrected chi connectivity index (χ0v) is 23.1. The summed E-state index contributed by atoms with van der Waals surface area (Å²) in [4.78, 5) is 74.0. The molecular formula is C23H38N2O12S. The fraction of sp³-hybridized carbons (Fsp3) is 0.739. The first-order chi connectivity index (χ1) is 18.1. The molecule has 0 bridgehead atoms. The molecule has 15 heteroatoms. The number of thioether (sulfide) groups is 1. The molecule has 0 aromatic carbocycles. The average molecular weight is 567 g/mol. The second-order valence-electron chi connectivity index (χ2n) is 8.04. The van der Waals surface area contributed by atoms with E-state index >= 15 is 0 Å². The van der Waals surface area contributed by atoms with E-state index in [0.29, 0.717) is 18.7 Å². The molecule has 0 aromatic rings. The smallest absolute Gasteiger partial charge is 0.326 e. The van der Waals surface area contributed by atoms with Crippen LogP contribution in [0.15, 0.2) is 0 Å². The van der Waals surface area contributed by atoms with Gasteiger partial charge in [0, 0.05) is 18.6 Å². The lowest BCUT2D eigenvalue weighted by atomic mass is 10.4. The largest absolute Gasteiger partial charge is 0.464 e. The molecule has 0 radical (unpaired) electrons. The monoisotopic (exact) mass is 566 g/mol. The summed E-state index contributed by atoms with van der Waals surface area (Å²) in [5.41, 5.74) is 0. The lowest BCUT2D eigenvalue weighted by molar-refractivity contribution is -0.167. The number of amides is 1. The van der Waals surface area contributed by atoms with Gasteiger partial charge in [0.05, 0.1) is 6.61 Å². The maximum absolute atomic E-state index is 12.8. The Morgan fingerprint density at radius 2 is 1.37 bits per heavy atom. The number of ether oxygens (including phenoxy) is 5. The molecule has 1 amide bonds. The van der Waals surface area contributed by atoms with E-state index in [9.17, 15) is 33.9 Å². The fourth-order valence-electron chi connectivity index (χ4n) is 2.54. The number of hydrogen-bond acceptors (Lipinski definition) is 14. The predicted molar refractivity (Wildman–Crippen MR) is 134 cm³/mol. The van der Waals surface area contributed by atoms with Crippen LogP contribution in [0.5, 0.6) is 0 Å². The summed E-state index contributed by atoms with van der Waals surface area (Å²) in [5.74, 6) is -2.61. The molecule has 0 heterocycles. The summed E-state index contributed by atoms with van der Waals surface area (Å²) in [7, 11) is 3.76.